The highest BCUT2D eigenvalue weighted by atomic mass is 19.1. The van der Waals surface area contributed by atoms with Crippen molar-refractivity contribution in [3.05, 3.63) is 35.6 Å². The second kappa shape index (κ2) is 6.61. The molecule has 0 aliphatic rings. The standard InChI is InChI=1S/C13H20FNO/c1-10(7-8-16-3)15-11(2)12-5-4-6-13(14)9-12/h4-6,9-11,15H,7-8H2,1-3H3/t10?,11-/m1/s1. The van der Waals surface area contributed by atoms with Crippen molar-refractivity contribution in [1.29, 1.82) is 0 Å². The van der Waals surface area contributed by atoms with E-state index in [1.165, 1.54) is 6.07 Å². The predicted molar refractivity (Wildman–Crippen MR) is 63.9 cm³/mol. The molecule has 1 aromatic carbocycles. The predicted octanol–water partition coefficient (Wildman–Crippen LogP) is 2.90. The molecule has 0 aromatic heterocycles. The summed E-state index contributed by atoms with van der Waals surface area (Å²) in [6.07, 6.45) is 0.955. The van der Waals surface area contributed by atoms with Crippen molar-refractivity contribution < 1.29 is 9.13 Å². The third kappa shape index (κ3) is 4.29. The lowest BCUT2D eigenvalue weighted by molar-refractivity contribution is 0.183. The van der Waals surface area contributed by atoms with Crippen LogP contribution in [0.4, 0.5) is 4.39 Å². The smallest absolute Gasteiger partial charge is 0.123 e. The average molecular weight is 225 g/mol. The molecule has 0 aliphatic carbocycles. The fourth-order valence-corrected chi connectivity index (χ4v) is 1.68. The largest absolute Gasteiger partial charge is 0.385 e. The fraction of sp³-hybridized carbons (Fsp3) is 0.538. The Morgan fingerprint density at radius 3 is 2.75 bits per heavy atom. The SMILES string of the molecule is COCCC(C)N[C@H](C)c1cccc(F)c1. The Labute approximate surface area is 96.8 Å². The molecule has 1 aromatic rings. The third-order valence-corrected chi connectivity index (χ3v) is 2.64. The molecule has 0 fully saturated rings. The molecule has 0 spiro atoms. The van der Waals surface area contributed by atoms with Crippen LogP contribution in [-0.2, 0) is 4.74 Å². The van der Waals surface area contributed by atoms with Crippen molar-refractivity contribution in [3.63, 3.8) is 0 Å². The molecule has 1 unspecified atom stereocenters. The van der Waals surface area contributed by atoms with Crippen molar-refractivity contribution in [1.82, 2.24) is 5.32 Å². The van der Waals surface area contributed by atoms with Gasteiger partial charge in [-0.25, -0.2) is 4.39 Å². The molecular formula is C13H20FNO. The summed E-state index contributed by atoms with van der Waals surface area (Å²) in [5, 5.41) is 3.41. The second-order valence-electron chi connectivity index (χ2n) is 4.13. The summed E-state index contributed by atoms with van der Waals surface area (Å²) in [5.41, 5.74) is 0.976. The molecule has 0 bridgehead atoms. The van der Waals surface area contributed by atoms with Gasteiger partial charge in [-0.05, 0) is 38.0 Å². The second-order valence-corrected chi connectivity index (χ2v) is 4.13. The molecule has 0 amide bonds. The molecule has 1 rings (SSSR count). The number of halogens is 1. The van der Waals surface area contributed by atoms with E-state index >= 15 is 0 Å². The number of benzene rings is 1. The lowest BCUT2D eigenvalue weighted by Crippen LogP contribution is -2.29. The molecule has 90 valence electrons. The summed E-state index contributed by atoms with van der Waals surface area (Å²) in [6, 6.07) is 7.22. The Kier molecular flexibility index (Phi) is 5.43. The van der Waals surface area contributed by atoms with Crippen LogP contribution < -0.4 is 5.32 Å². The minimum absolute atomic E-state index is 0.155. The topological polar surface area (TPSA) is 21.3 Å². The molecule has 2 nitrogen and oxygen atoms in total. The number of hydrogen-bond donors (Lipinski definition) is 1. The van der Waals surface area contributed by atoms with E-state index in [2.05, 4.69) is 12.2 Å². The molecule has 3 heteroatoms. The van der Waals surface area contributed by atoms with Crippen LogP contribution in [0.3, 0.4) is 0 Å². The average Bonchev–Trinajstić information content (AvgIpc) is 2.26. The van der Waals surface area contributed by atoms with Gasteiger partial charge >= 0.3 is 0 Å². The van der Waals surface area contributed by atoms with E-state index < -0.39 is 0 Å². The Balaban J connectivity index is 2.48. The zero-order valence-corrected chi connectivity index (χ0v) is 10.2. The lowest BCUT2D eigenvalue weighted by atomic mass is 10.1. The van der Waals surface area contributed by atoms with Crippen molar-refractivity contribution >= 4 is 0 Å². The van der Waals surface area contributed by atoms with E-state index in [0.717, 1.165) is 18.6 Å². The highest BCUT2D eigenvalue weighted by molar-refractivity contribution is 5.19. The Hall–Kier alpha value is -0.930. The molecule has 0 aliphatic heterocycles. The van der Waals surface area contributed by atoms with E-state index in [1.54, 1.807) is 19.2 Å². The first-order chi connectivity index (χ1) is 7.63. The minimum atomic E-state index is -0.185. The molecular weight excluding hydrogens is 205 g/mol. The van der Waals surface area contributed by atoms with Gasteiger partial charge in [-0.3, -0.25) is 0 Å². The summed E-state index contributed by atoms with van der Waals surface area (Å²) in [6.45, 7) is 4.89. The Morgan fingerprint density at radius 1 is 1.38 bits per heavy atom. The maximum absolute atomic E-state index is 13.0. The maximum atomic E-state index is 13.0. The van der Waals surface area contributed by atoms with Crippen molar-refractivity contribution in [3.8, 4) is 0 Å². The van der Waals surface area contributed by atoms with Gasteiger partial charge in [0.25, 0.3) is 0 Å². The number of ether oxygens (including phenoxy) is 1. The molecule has 0 saturated heterocycles. The highest BCUT2D eigenvalue weighted by Gasteiger charge is 2.09. The Morgan fingerprint density at radius 2 is 2.12 bits per heavy atom. The summed E-state index contributed by atoms with van der Waals surface area (Å²) in [5.74, 6) is -0.185. The van der Waals surface area contributed by atoms with Gasteiger partial charge < -0.3 is 10.1 Å². The zero-order chi connectivity index (χ0) is 12.0. The molecule has 16 heavy (non-hydrogen) atoms. The zero-order valence-electron chi connectivity index (χ0n) is 10.2. The summed E-state index contributed by atoms with van der Waals surface area (Å²) in [4.78, 5) is 0. The molecule has 2 atom stereocenters. The molecule has 0 saturated carbocycles. The van der Waals surface area contributed by atoms with Crippen LogP contribution in [0.1, 0.15) is 31.9 Å². The van der Waals surface area contributed by atoms with E-state index in [9.17, 15) is 4.39 Å². The van der Waals surface area contributed by atoms with Gasteiger partial charge in [0, 0.05) is 25.8 Å². The van der Waals surface area contributed by atoms with Crippen LogP contribution in [0.15, 0.2) is 24.3 Å². The Bertz CT molecular complexity index is 317. The summed E-state index contributed by atoms with van der Waals surface area (Å²) < 4.78 is 18.0. The van der Waals surface area contributed by atoms with Gasteiger partial charge in [-0.2, -0.15) is 0 Å². The summed E-state index contributed by atoms with van der Waals surface area (Å²) >= 11 is 0. The van der Waals surface area contributed by atoms with Crippen LogP contribution in [0.25, 0.3) is 0 Å². The van der Waals surface area contributed by atoms with Crippen LogP contribution in [0, 0.1) is 5.82 Å². The van der Waals surface area contributed by atoms with Gasteiger partial charge in [-0.1, -0.05) is 12.1 Å². The number of methoxy groups -OCH3 is 1. The van der Waals surface area contributed by atoms with Crippen LogP contribution in [0.2, 0.25) is 0 Å². The van der Waals surface area contributed by atoms with Gasteiger partial charge in [0.1, 0.15) is 5.82 Å². The number of nitrogens with one attached hydrogen (secondary N) is 1. The minimum Gasteiger partial charge on any atom is -0.385 e. The van der Waals surface area contributed by atoms with Crippen molar-refractivity contribution in [2.24, 2.45) is 0 Å². The maximum Gasteiger partial charge on any atom is 0.123 e. The van der Waals surface area contributed by atoms with E-state index in [-0.39, 0.29) is 11.9 Å². The van der Waals surface area contributed by atoms with Crippen LogP contribution in [-0.4, -0.2) is 19.8 Å². The van der Waals surface area contributed by atoms with E-state index in [1.807, 2.05) is 13.0 Å². The first kappa shape index (κ1) is 13.1. The van der Waals surface area contributed by atoms with Gasteiger partial charge in [0.2, 0.25) is 0 Å². The first-order valence-corrected chi connectivity index (χ1v) is 5.64. The quantitative estimate of drug-likeness (QED) is 0.803. The molecule has 1 N–H and O–H groups in total. The molecule has 0 radical (unpaired) electrons. The highest BCUT2D eigenvalue weighted by Crippen LogP contribution is 2.14. The van der Waals surface area contributed by atoms with E-state index in [4.69, 9.17) is 4.74 Å². The van der Waals surface area contributed by atoms with Crippen molar-refractivity contribution in [2.75, 3.05) is 13.7 Å². The van der Waals surface area contributed by atoms with Crippen LogP contribution >= 0.6 is 0 Å². The fourth-order valence-electron chi connectivity index (χ4n) is 1.68. The number of rotatable bonds is 6. The normalized spacial score (nSPS) is 14.8. The van der Waals surface area contributed by atoms with Gasteiger partial charge in [0.05, 0.1) is 0 Å². The molecule has 0 heterocycles. The lowest BCUT2D eigenvalue weighted by Gasteiger charge is -2.20. The van der Waals surface area contributed by atoms with E-state index in [0.29, 0.717) is 6.04 Å². The number of hydrogen-bond acceptors (Lipinski definition) is 2. The van der Waals surface area contributed by atoms with Gasteiger partial charge in [0.15, 0.2) is 0 Å². The third-order valence-electron chi connectivity index (χ3n) is 2.64. The van der Waals surface area contributed by atoms with Gasteiger partial charge in [-0.15, -0.1) is 0 Å². The summed E-state index contributed by atoms with van der Waals surface area (Å²) in [7, 11) is 1.70. The first-order valence-electron chi connectivity index (χ1n) is 5.64. The van der Waals surface area contributed by atoms with Crippen LogP contribution in [0.5, 0.6) is 0 Å². The monoisotopic (exact) mass is 225 g/mol. The van der Waals surface area contributed by atoms with Crippen molar-refractivity contribution in [2.45, 2.75) is 32.4 Å².